The third-order valence-electron chi connectivity index (χ3n) is 3.49. The Morgan fingerprint density at radius 3 is 2.78 bits per heavy atom. The second-order valence-electron chi connectivity index (χ2n) is 5.23. The van der Waals surface area contributed by atoms with E-state index in [1.54, 1.807) is 6.07 Å². The average Bonchev–Trinajstić information content (AvgIpc) is 3.11. The minimum absolute atomic E-state index is 0.158. The van der Waals surface area contributed by atoms with Crippen LogP contribution in [-0.2, 0) is 0 Å². The molecule has 0 amide bonds. The summed E-state index contributed by atoms with van der Waals surface area (Å²) in [5, 5.41) is 3.54. The van der Waals surface area contributed by atoms with Crippen LogP contribution in [-0.4, -0.2) is 6.54 Å². The first-order valence-corrected chi connectivity index (χ1v) is 7.67. The van der Waals surface area contributed by atoms with Gasteiger partial charge in [-0.15, -0.1) is 0 Å². The first-order chi connectivity index (χ1) is 8.69. The molecule has 1 fully saturated rings. The Morgan fingerprint density at radius 2 is 2.17 bits per heavy atom. The lowest BCUT2D eigenvalue weighted by Gasteiger charge is -2.19. The minimum Gasteiger partial charge on any atom is -0.310 e. The molecule has 0 heterocycles. The summed E-state index contributed by atoms with van der Waals surface area (Å²) in [7, 11) is 0. The third kappa shape index (κ3) is 4.36. The lowest BCUT2D eigenvalue weighted by atomic mass is 10.00. The predicted octanol–water partition coefficient (Wildman–Crippen LogP) is 4.82. The maximum absolute atomic E-state index is 13.5. The molecule has 0 aromatic heterocycles. The van der Waals surface area contributed by atoms with Crippen LogP contribution in [0.3, 0.4) is 0 Å². The lowest BCUT2D eigenvalue weighted by Crippen LogP contribution is -2.22. The number of halogens is 2. The highest BCUT2D eigenvalue weighted by Crippen LogP contribution is 2.36. The fourth-order valence-corrected chi connectivity index (χ4v) is 2.77. The van der Waals surface area contributed by atoms with Gasteiger partial charge in [0, 0.05) is 10.5 Å². The van der Waals surface area contributed by atoms with E-state index in [1.807, 2.05) is 6.07 Å². The van der Waals surface area contributed by atoms with Crippen molar-refractivity contribution in [2.45, 2.75) is 45.1 Å². The minimum atomic E-state index is -0.158. The second-order valence-corrected chi connectivity index (χ2v) is 6.15. The van der Waals surface area contributed by atoms with Crippen molar-refractivity contribution in [3.05, 3.63) is 34.1 Å². The quantitative estimate of drug-likeness (QED) is 0.761. The van der Waals surface area contributed by atoms with E-state index in [4.69, 9.17) is 0 Å². The summed E-state index contributed by atoms with van der Waals surface area (Å²) in [6.07, 6.45) is 6.24. The van der Waals surface area contributed by atoms with Crippen LogP contribution in [0.25, 0.3) is 0 Å². The van der Waals surface area contributed by atoms with Gasteiger partial charge in [-0.1, -0.05) is 35.7 Å². The summed E-state index contributed by atoms with van der Waals surface area (Å²) in [5.74, 6) is 0.766. The standard InChI is InChI=1S/C15H21BrFN/c1-2-7-18-15(6-5-11-3-4-11)12-8-13(16)10-14(17)9-12/h8-11,15,18H,2-7H2,1H3. The highest BCUT2D eigenvalue weighted by atomic mass is 79.9. The van der Waals surface area contributed by atoms with E-state index in [9.17, 15) is 4.39 Å². The smallest absolute Gasteiger partial charge is 0.124 e. The summed E-state index contributed by atoms with van der Waals surface area (Å²) < 4.78 is 14.3. The first kappa shape index (κ1) is 14.0. The van der Waals surface area contributed by atoms with Crippen LogP contribution in [0.4, 0.5) is 4.39 Å². The molecule has 0 aliphatic heterocycles. The van der Waals surface area contributed by atoms with Crippen LogP contribution >= 0.6 is 15.9 Å². The molecule has 18 heavy (non-hydrogen) atoms. The van der Waals surface area contributed by atoms with E-state index >= 15 is 0 Å². The largest absolute Gasteiger partial charge is 0.310 e. The molecule has 1 aromatic carbocycles. The van der Waals surface area contributed by atoms with E-state index < -0.39 is 0 Å². The van der Waals surface area contributed by atoms with Gasteiger partial charge in [-0.05, 0) is 55.5 Å². The van der Waals surface area contributed by atoms with Crippen molar-refractivity contribution in [3.8, 4) is 0 Å². The molecule has 0 saturated heterocycles. The Hall–Kier alpha value is -0.410. The molecule has 1 saturated carbocycles. The summed E-state index contributed by atoms with van der Waals surface area (Å²) in [6, 6.07) is 5.49. The van der Waals surface area contributed by atoms with Gasteiger partial charge in [0.2, 0.25) is 0 Å². The lowest BCUT2D eigenvalue weighted by molar-refractivity contribution is 0.467. The van der Waals surface area contributed by atoms with Gasteiger partial charge in [0.05, 0.1) is 0 Å². The van der Waals surface area contributed by atoms with Crippen LogP contribution in [0.2, 0.25) is 0 Å². The van der Waals surface area contributed by atoms with E-state index in [0.29, 0.717) is 0 Å². The SMILES string of the molecule is CCCNC(CCC1CC1)c1cc(F)cc(Br)c1. The van der Waals surface area contributed by atoms with E-state index in [0.717, 1.165) is 35.3 Å². The van der Waals surface area contributed by atoms with Crippen LogP contribution in [0, 0.1) is 11.7 Å². The Bertz CT molecular complexity index is 370. The van der Waals surface area contributed by atoms with Gasteiger partial charge in [-0.25, -0.2) is 4.39 Å². The summed E-state index contributed by atoms with van der Waals surface area (Å²) >= 11 is 3.37. The average molecular weight is 314 g/mol. The predicted molar refractivity (Wildman–Crippen MR) is 77.1 cm³/mol. The van der Waals surface area contributed by atoms with Crippen LogP contribution < -0.4 is 5.32 Å². The number of hydrogen-bond donors (Lipinski definition) is 1. The van der Waals surface area contributed by atoms with E-state index in [2.05, 4.69) is 28.2 Å². The van der Waals surface area contributed by atoms with Crippen molar-refractivity contribution in [3.63, 3.8) is 0 Å². The second kappa shape index (κ2) is 6.67. The summed E-state index contributed by atoms with van der Waals surface area (Å²) in [4.78, 5) is 0. The molecular weight excluding hydrogens is 293 g/mol. The molecule has 3 heteroatoms. The summed E-state index contributed by atoms with van der Waals surface area (Å²) in [5.41, 5.74) is 1.07. The van der Waals surface area contributed by atoms with Crippen LogP contribution in [0.5, 0.6) is 0 Å². The fraction of sp³-hybridized carbons (Fsp3) is 0.600. The van der Waals surface area contributed by atoms with Crippen LogP contribution in [0.1, 0.15) is 50.6 Å². The Kier molecular flexibility index (Phi) is 5.19. The molecule has 0 radical (unpaired) electrons. The van der Waals surface area contributed by atoms with Crippen molar-refractivity contribution in [1.82, 2.24) is 5.32 Å². The molecular formula is C15H21BrFN. The first-order valence-electron chi connectivity index (χ1n) is 6.88. The van der Waals surface area contributed by atoms with Crippen molar-refractivity contribution in [2.75, 3.05) is 6.54 Å². The number of nitrogens with one attached hydrogen (secondary N) is 1. The highest BCUT2D eigenvalue weighted by molar-refractivity contribution is 9.10. The highest BCUT2D eigenvalue weighted by Gasteiger charge is 2.23. The maximum Gasteiger partial charge on any atom is 0.124 e. The topological polar surface area (TPSA) is 12.0 Å². The zero-order valence-corrected chi connectivity index (χ0v) is 12.5. The molecule has 1 aromatic rings. The molecule has 0 bridgehead atoms. The monoisotopic (exact) mass is 313 g/mol. The van der Waals surface area contributed by atoms with Crippen molar-refractivity contribution >= 4 is 15.9 Å². The molecule has 1 nitrogen and oxygen atoms in total. The van der Waals surface area contributed by atoms with Crippen molar-refractivity contribution in [1.29, 1.82) is 0 Å². The molecule has 1 atom stereocenters. The van der Waals surface area contributed by atoms with Gasteiger partial charge >= 0.3 is 0 Å². The molecule has 2 rings (SSSR count). The molecule has 1 aliphatic carbocycles. The molecule has 1 N–H and O–H groups in total. The fourth-order valence-electron chi connectivity index (χ4n) is 2.29. The molecule has 0 spiro atoms. The van der Waals surface area contributed by atoms with Crippen molar-refractivity contribution in [2.24, 2.45) is 5.92 Å². The number of hydrogen-bond acceptors (Lipinski definition) is 1. The Morgan fingerprint density at radius 1 is 1.39 bits per heavy atom. The van der Waals surface area contributed by atoms with Gasteiger partial charge < -0.3 is 5.32 Å². The van der Waals surface area contributed by atoms with E-state index in [-0.39, 0.29) is 11.9 Å². The number of benzene rings is 1. The van der Waals surface area contributed by atoms with Crippen LogP contribution in [0.15, 0.2) is 22.7 Å². The van der Waals surface area contributed by atoms with Gasteiger partial charge in [0.25, 0.3) is 0 Å². The molecule has 1 aliphatic rings. The van der Waals surface area contributed by atoms with E-state index in [1.165, 1.54) is 25.3 Å². The molecule has 1 unspecified atom stereocenters. The normalized spacial score (nSPS) is 16.8. The number of rotatable bonds is 7. The zero-order chi connectivity index (χ0) is 13.0. The van der Waals surface area contributed by atoms with Gasteiger partial charge in [0.1, 0.15) is 5.82 Å². The van der Waals surface area contributed by atoms with Gasteiger partial charge in [-0.3, -0.25) is 0 Å². The van der Waals surface area contributed by atoms with Gasteiger partial charge in [0.15, 0.2) is 0 Å². The maximum atomic E-state index is 13.5. The Balaban J connectivity index is 2.03. The third-order valence-corrected chi connectivity index (χ3v) is 3.95. The van der Waals surface area contributed by atoms with Gasteiger partial charge in [-0.2, -0.15) is 0 Å². The summed E-state index contributed by atoms with van der Waals surface area (Å²) in [6.45, 7) is 3.15. The molecule has 100 valence electrons. The zero-order valence-electron chi connectivity index (χ0n) is 10.9. The van der Waals surface area contributed by atoms with Crippen molar-refractivity contribution < 1.29 is 4.39 Å². The Labute approximate surface area is 117 Å².